The first kappa shape index (κ1) is 14.2. The number of nitrogens with zero attached hydrogens (tertiary/aromatic N) is 2. The van der Waals surface area contributed by atoms with Gasteiger partial charge in [-0.05, 0) is 31.9 Å². The lowest BCUT2D eigenvalue weighted by Gasteiger charge is -2.19. The van der Waals surface area contributed by atoms with E-state index >= 15 is 0 Å². The fraction of sp³-hybridized carbons (Fsp3) is 0.500. The number of hydrogen-bond acceptors (Lipinski definition) is 6. The van der Waals surface area contributed by atoms with Crippen LogP contribution in [0.5, 0.6) is 5.75 Å². The van der Waals surface area contributed by atoms with Crippen LogP contribution in [0.25, 0.3) is 0 Å². The minimum Gasteiger partial charge on any atom is -0.483 e. The third kappa shape index (κ3) is 2.85. The number of non-ortho nitro benzene ring substituents is 1. The van der Waals surface area contributed by atoms with E-state index in [-0.39, 0.29) is 29.1 Å². The van der Waals surface area contributed by atoms with Crippen molar-refractivity contribution in [3.8, 4) is 5.75 Å². The smallest absolute Gasteiger partial charge is 0.317 e. The molecular formula is C12H15N3O5. The molecule has 1 aliphatic rings. The summed E-state index contributed by atoms with van der Waals surface area (Å²) < 4.78 is 5.66. The molecule has 2 unspecified atom stereocenters. The molecule has 1 aliphatic carbocycles. The molecule has 1 fully saturated rings. The maximum Gasteiger partial charge on any atom is 0.317 e. The summed E-state index contributed by atoms with van der Waals surface area (Å²) in [6, 6.07) is 3.40. The number of nitrogens with two attached hydrogens (primary N) is 1. The van der Waals surface area contributed by atoms with Gasteiger partial charge in [0.1, 0.15) is 6.10 Å². The molecule has 0 saturated heterocycles. The van der Waals surface area contributed by atoms with Crippen LogP contribution in [-0.2, 0) is 0 Å². The molecule has 0 aliphatic heterocycles. The Morgan fingerprint density at radius 2 is 2.00 bits per heavy atom. The molecule has 1 aromatic carbocycles. The Hall–Kier alpha value is -2.22. The van der Waals surface area contributed by atoms with E-state index in [4.69, 9.17) is 10.5 Å². The van der Waals surface area contributed by atoms with E-state index in [1.54, 1.807) is 0 Å². The van der Waals surface area contributed by atoms with E-state index in [0.29, 0.717) is 6.54 Å². The molecule has 0 aromatic heterocycles. The summed E-state index contributed by atoms with van der Waals surface area (Å²) in [7, 11) is 0. The number of nitro groups is 2. The largest absolute Gasteiger partial charge is 0.483 e. The molecule has 20 heavy (non-hydrogen) atoms. The maximum absolute atomic E-state index is 11.0. The predicted octanol–water partition coefficient (Wildman–Crippen LogP) is 2.01. The van der Waals surface area contributed by atoms with Crippen LogP contribution < -0.4 is 10.5 Å². The maximum atomic E-state index is 11.0. The van der Waals surface area contributed by atoms with Crippen molar-refractivity contribution in [1.82, 2.24) is 0 Å². The van der Waals surface area contributed by atoms with Crippen molar-refractivity contribution in [2.45, 2.75) is 25.4 Å². The van der Waals surface area contributed by atoms with Crippen LogP contribution in [0, 0.1) is 26.1 Å². The van der Waals surface area contributed by atoms with Gasteiger partial charge in [0.25, 0.3) is 5.69 Å². The first-order chi connectivity index (χ1) is 9.52. The quantitative estimate of drug-likeness (QED) is 0.650. The highest BCUT2D eigenvalue weighted by atomic mass is 16.6. The lowest BCUT2D eigenvalue weighted by Crippen LogP contribution is -2.27. The predicted molar refractivity (Wildman–Crippen MR) is 70.6 cm³/mol. The van der Waals surface area contributed by atoms with Gasteiger partial charge in [-0.3, -0.25) is 20.2 Å². The summed E-state index contributed by atoms with van der Waals surface area (Å²) in [4.78, 5) is 20.3. The monoisotopic (exact) mass is 281 g/mol. The Kier molecular flexibility index (Phi) is 4.14. The third-order valence-electron chi connectivity index (χ3n) is 3.52. The number of hydrogen-bond donors (Lipinski definition) is 1. The molecule has 0 amide bonds. The fourth-order valence-corrected chi connectivity index (χ4v) is 2.45. The molecular weight excluding hydrogens is 266 g/mol. The molecule has 8 nitrogen and oxygen atoms in total. The van der Waals surface area contributed by atoms with Gasteiger partial charge >= 0.3 is 5.69 Å². The van der Waals surface area contributed by atoms with Gasteiger partial charge in [0.15, 0.2) is 5.75 Å². The van der Waals surface area contributed by atoms with Gasteiger partial charge in [-0.2, -0.15) is 0 Å². The number of ether oxygens (including phenoxy) is 1. The first-order valence-corrected chi connectivity index (χ1v) is 6.32. The van der Waals surface area contributed by atoms with E-state index in [0.717, 1.165) is 25.3 Å². The zero-order valence-corrected chi connectivity index (χ0v) is 10.7. The van der Waals surface area contributed by atoms with Crippen molar-refractivity contribution < 1.29 is 14.6 Å². The summed E-state index contributed by atoms with van der Waals surface area (Å²) in [6.45, 7) is 0.464. The average Bonchev–Trinajstić information content (AvgIpc) is 2.85. The van der Waals surface area contributed by atoms with Crippen molar-refractivity contribution in [2.75, 3.05) is 6.54 Å². The van der Waals surface area contributed by atoms with Crippen LogP contribution in [0.2, 0.25) is 0 Å². The Balaban J connectivity index is 2.27. The van der Waals surface area contributed by atoms with E-state index in [9.17, 15) is 20.2 Å². The lowest BCUT2D eigenvalue weighted by molar-refractivity contribution is -0.394. The molecule has 2 N–H and O–H groups in total. The summed E-state index contributed by atoms with van der Waals surface area (Å²) in [5.74, 6) is 0.232. The summed E-state index contributed by atoms with van der Waals surface area (Å²) in [5.41, 5.74) is 4.92. The van der Waals surface area contributed by atoms with Gasteiger partial charge in [-0.25, -0.2) is 0 Å². The van der Waals surface area contributed by atoms with Gasteiger partial charge in [0.2, 0.25) is 0 Å². The highest BCUT2D eigenvalue weighted by Gasteiger charge is 2.30. The van der Waals surface area contributed by atoms with Crippen LogP contribution in [0.1, 0.15) is 19.3 Å². The Morgan fingerprint density at radius 1 is 1.25 bits per heavy atom. The average molecular weight is 281 g/mol. The van der Waals surface area contributed by atoms with Crippen molar-refractivity contribution >= 4 is 11.4 Å². The topological polar surface area (TPSA) is 122 Å². The molecule has 2 atom stereocenters. The Bertz CT molecular complexity index is 534. The zero-order valence-electron chi connectivity index (χ0n) is 10.7. The first-order valence-electron chi connectivity index (χ1n) is 6.32. The SMILES string of the molecule is NCC1CCCC1Oc1ccc([N+](=O)[O-])cc1[N+](=O)[O-]. The Morgan fingerprint density at radius 3 is 2.60 bits per heavy atom. The minimum absolute atomic E-state index is 0.0611. The second-order valence-electron chi connectivity index (χ2n) is 4.75. The van der Waals surface area contributed by atoms with Crippen molar-refractivity contribution in [3.05, 3.63) is 38.4 Å². The molecule has 0 radical (unpaired) electrons. The molecule has 1 aromatic rings. The van der Waals surface area contributed by atoms with Crippen molar-refractivity contribution in [3.63, 3.8) is 0 Å². The molecule has 2 rings (SSSR count). The van der Waals surface area contributed by atoms with Gasteiger partial charge in [0.05, 0.1) is 15.9 Å². The van der Waals surface area contributed by atoms with Gasteiger partial charge < -0.3 is 10.5 Å². The highest BCUT2D eigenvalue weighted by Crippen LogP contribution is 2.35. The van der Waals surface area contributed by atoms with Crippen LogP contribution in [0.15, 0.2) is 18.2 Å². The minimum atomic E-state index is -0.672. The molecule has 1 saturated carbocycles. The van der Waals surface area contributed by atoms with E-state index < -0.39 is 9.85 Å². The molecule has 0 spiro atoms. The van der Waals surface area contributed by atoms with E-state index in [2.05, 4.69) is 0 Å². The summed E-state index contributed by atoms with van der Waals surface area (Å²) in [5, 5.41) is 21.7. The van der Waals surface area contributed by atoms with E-state index in [1.807, 2.05) is 0 Å². The highest BCUT2D eigenvalue weighted by molar-refractivity contribution is 5.53. The van der Waals surface area contributed by atoms with Crippen LogP contribution in [0.4, 0.5) is 11.4 Å². The van der Waals surface area contributed by atoms with Gasteiger partial charge in [-0.1, -0.05) is 0 Å². The lowest BCUT2D eigenvalue weighted by atomic mass is 10.1. The van der Waals surface area contributed by atoms with Gasteiger partial charge in [0, 0.05) is 12.0 Å². The van der Waals surface area contributed by atoms with Crippen LogP contribution in [-0.4, -0.2) is 22.5 Å². The molecule has 108 valence electrons. The van der Waals surface area contributed by atoms with Crippen LogP contribution in [0.3, 0.4) is 0 Å². The van der Waals surface area contributed by atoms with Crippen molar-refractivity contribution in [1.29, 1.82) is 0 Å². The second-order valence-corrected chi connectivity index (χ2v) is 4.75. The third-order valence-corrected chi connectivity index (χ3v) is 3.52. The van der Waals surface area contributed by atoms with Gasteiger partial charge in [-0.15, -0.1) is 0 Å². The summed E-state index contributed by atoms with van der Waals surface area (Å²) in [6.07, 6.45) is 2.52. The molecule has 0 heterocycles. The second kappa shape index (κ2) is 5.83. The van der Waals surface area contributed by atoms with Crippen molar-refractivity contribution in [2.24, 2.45) is 11.7 Å². The normalized spacial score (nSPS) is 21.6. The number of benzene rings is 1. The summed E-state index contributed by atoms with van der Waals surface area (Å²) >= 11 is 0. The standard InChI is InChI=1S/C12H15N3O5/c13-7-8-2-1-3-11(8)20-12-5-4-9(14(16)17)6-10(12)15(18)19/h4-6,8,11H,1-3,7,13H2. The zero-order chi connectivity index (χ0) is 14.7. The Labute approximate surface area is 114 Å². The number of nitro benzene ring substituents is 2. The van der Waals surface area contributed by atoms with Crippen LogP contribution >= 0.6 is 0 Å². The van der Waals surface area contributed by atoms with E-state index in [1.165, 1.54) is 12.1 Å². The number of rotatable bonds is 5. The fourth-order valence-electron chi connectivity index (χ4n) is 2.45. The molecule has 8 heteroatoms. The molecule has 0 bridgehead atoms.